The minimum Gasteiger partial charge on any atom is -0.387 e. The van der Waals surface area contributed by atoms with Crippen molar-refractivity contribution in [1.29, 1.82) is 0 Å². The lowest BCUT2D eigenvalue weighted by molar-refractivity contribution is -0.125. The van der Waals surface area contributed by atoms with Crippen molar-refractivity contribution in [1.82, 2.24) is 15.5 Å². The van der Waals surface area contributed by atoms with Crippen LogP contribution in [0.15, 0.2) is 0 Å². The zero-order valence-electron chi connectivity index (χ0n) is 10.2. The summed E-state index contributed by atoms with van der Waals surface area (Å²) in [7, 11) is 1.72. The Bertz CT molecular complexity index is 302. The van der Waals surface area contributed by atoms with E-state index >= 15 is 0 Å². The van der Waals surface area contributed by atoms with Crippen LogP contribution in [0.25, 0.3) is 0 Å². The highest BCUT2D eigenvalue weighted by Crippen LogP contribution is 2.16. The largest absolute Gasteiger partial charge is 0.387 e. The molecule has 0 saturated carbocycles. The minimum atomic E-state index is -0.864. The Morgan fingerprint density at radius 1 is 1.65 bits per heavy atom. The zero-order valence-corrected chi connectivity index (χ0v) is 10.2. The summed E-state index contributed by atoms with van der Waals surface area (Å²) in [5, 5.41) is 15.2. The summed E-state index contributed by atoms with van der Waals surface area (Å²) in [6, 6.07) is -1.39. The lowest BCUT2D eigenvalue weighted by Crippen LogP contribution is -2.52. The van der Waals surface area contributed by atoms with E-state index in [0.717, 1.165) is 6.54 Å². The van der Waals surface area contributed by atoms with Gasteiger partial charge in [0.1, 0.15) is 0 Å². The van der Waals surface area contributed by atoms with Gasteiger partial charge in [-0.1, -0.05) is 0 Å². The zero-order chi connectivity index (χ0) is 13.1. The van der Waals surface area contributed by atoms with Gasteiger partial charge in [0.15, 0.2) is 0 Å². The van der Waals surface area contributed by atoms with E-state index in [4.69, 9.17) is 5.73 Å². The molecular weight excluding hydrogens is 224 g/mol. The average molecular weight is 244 g/mol. The molecule has 1 aliphatic rings. The summed E-state index contributed by atoms with van der Waals surface area (Å²) in [6.07, 6.45) is 0.654. The molecule has 7 heteroatoms. The van der Waals surface area contributed by atoms with Crippen LogP contribution in [0.4, 0.5) is 4.79 Å². The van der Waals surface area contributed by atoms with Crippen LogP contribution in [0.2, 0.25) is 0 Å². The summed E-state index contributed by atoms with van der Waals surface area (Å²) >= 11 is 0. The van der Waals surface area contributed by atoms with E-state index < -0.39 is 23.6 Å². The maximum Gasteiger partial charge on any atom is 0.318 e. The van der Waals surface area contributed by atoms with Crippen molar-refractivity contribution in [2.24, 2.45) is 5.73 Å². The first kappa shape index (κ1) is 13.9. The number of likely N-dealkylation sites (N-methyl/N-ethyl adjacent to an activating group) is 1. The molecule has 5 N–H and O–H groups in total. The van der Waals surface area contributed by atoms with Crippen molar-refractivity contribution in [2.75, 3.05) is 26.7 Å². The number of carbonyl (C=O) groups excluding carboxylic acids is 2. The summed E-state index contributed by atoms with van der Waals surface area (Å²) < 4.78 is 0. The highest BCUT2D eigenvalue weighted by molar-refractivity contribution is 5.96. The number of β-amino-alcohol motifs (C(OH)–C–C–N with tert-alkyl or cyclic N) is 1. The van der Waals surface area contributed by atoms with Crippen LogP contribution in [0.5, 0.6) is 0 Å². The number of rotatable bonds is 4. The van der Waals surface area contributed by atoms with Crippen LogP contribution in [0, 0.1) is 0 Å². The molecule has 0 aromatic rings. The number of imide groups is 1. The summed E-state index contributed by atoms with van der Waals surface area (Å²) in [4.78, 5) is 23.8. The van der Waals surface area contributed by atoms with Crippen molar-refractivity contribution in [3.05, 3.63) is 0 Å². The van der Waals surface area contributed by atoms with Crippen LogP contribution >= 0.6 is 0 Å². The summed E-state index contributed by atoms with van der Waals surface area (Å²) in [5.74, 6) is -0.463. The molecule has 1 heterocycles. The van der Waals surface area contributed by atoms with Gasteiger partial charge in [-0.3, -0.25) is 15.0 Å². The Morgan fingerprint density at radius 3 is 2.76 bits per heavy atom. The first-order chi connectivity index (χ1) is 7.84. The molecule has 2 unspecified atom stereocenters. The standard InChI is InChI=1S/C10H20N4O3/c1-7(8(15)13-9(11)16)14(2)6-10(17)3-4-12-5-10/h7,12,17H,3-6H2,1-2H3,(H3,11,13,15,16). The van der Waals surface area contributed by atoms with E-state index in [-0.39, 0.29) is 0 Å². The SMILES string of the molecule is CC(C(=O)NC(N)=O)N(C)CC1(O)CCNC1. The number of nitrogens with zero attached hydrogens (tertiary/aromatic N) is 1. The number of primary amides is 1. The van der Waals surface area contributed by atoms with Crippen molar-refractivity contribution in [3.63, 3.8) is 0 Å². The van der Waals surface area contributed by atoms with E-state index in [9.17, 15) is 14.7 Å². The fourth-order valence-electron chi connectivity index (χ4n) is 1.89. The van der Waals surface area contributed by atoms with Gasteiger partial charge in [-0.25, -0.2) is 4.79 Å². The third-order valence-corrected chi connectivity index (χ3v) is 3.05. The number of aliphatic hydroxyl groups is 1. The lowest BCUT2D eigenvalue weighted by Gasteiger charge is -2.31. The van der Waals surface area contributed by atoms with Crippen molar-refractivity contribution >= 4 is 11.9 Å². The molecule has 0 bridgehead atoms. The summed E-state index contributed by atoms with van der Waals surface area (Å²) in [6.45, 7) is 3.31. The molecule has 0 aromatic heterocycles. The van der Waals surface area contributed by atoms with Crippen LogP contribution in [0.1, 0.15) is 13.3 Å². The van der Waals surface area contributed by atoms with Gasteiger partial charge in [0.25, 0.3) is 0 Å². The first-order valence-corrected chi connectivity index (χ1v) is 5.58. The normalized spacial score (nSPS) is 25.9. The van der Waals surface area contributed by atoms with Crippen LogP contribution < -0.4 is 16.4 Å². The Labute approximate surface area is 100 Å². The molecule has 0 radical (unpaired) electrons. The molecule has 1 fully saturated rings. The molecule has 0 aliphatic carbocycles. The Hall–Kier alpha value is -1.18. The Kier molecular flexibility index (Phi) is 4.44. The van der Waals surface area contributed by atoms with Gasteiger partial charge in [-0.05, 0) is 26.9 Å². The lowest BCUT2D eigenvalue weighted by atomic mass is 10.0. The van der Waals surface area contributed by atoms with Gasteiger partial charge in [0, 0.05) is 13.1 Å². The van der Waals surface area contributed by atoms with Gasteiger partial charge >= 0.3 is 6.03 Å². The summed E-state index contributed by atoms with van der Waals surface area (Å²) in [5.41, 5.74) is 4.06. The van der Waals surface area contributed by atoms with Gasteiger partial charge < -0.3 is 16.2 Å². The Balaban J connectivity index is 2.48. The highest BCUT2D eigenvalue weighted by atomic mass is 16.3. The predicted molar refractivity (Wildman–Crippen MR) is 62.3 cm³/mol. The van der Waals surface area contributed by atoms with Crippen LogP contribution in [0.3, 0.4) is 0 Å². The van der Waals surface area contributed by atoms with Gasteiger partial charge in [0.2, 0.25) is 5.91 Å². The molecular formula is C10H20N4O3. The molecule has 17 heavy (non-hydrogen) atoms. The van der Waals surface area contributed by atoms with E-state index in [0.29, 0.717) is 19.5 Å². The van der Waals surface area contributed by atoms with E-state index in [1.807, 2.05) is 5.32 Å². The topological polar surface area (TPSA) is 108 Å². The number of hydrogen-bond donors (Lipinski definition) is 4. The number of carbonyl (C=O) groups is 2. The second kappa shape index (κ2) is 5.44. The fourth-order valence-corrected chi connectivity index (χ4v) is 1.89. The van der Waals surface area contributed by atoms with E-state index in [1.54, 1.807) is 18.9 Å². The monoisotopic (exact) mass is 244 g/mol. The van der Waals surface area contributed by atoms with E-state index in [2.05, 4.69) is 5.32 Å². The smallest absolute Gasteiger partial charge is 0.318 e. The molecule has 7 nitrogen and oxygen atoms in total. The maximum atomic E-state index is 11.5. The number of hydrogen-bond acceptors (Lipinski definition) is 5. The number of nitrogens with one attached hydrogen (secondary N) is 2. The average Bonchev–Trinajstić information content (AvgIpc) is 2.62. The third-order valence-electron chi connectivity index (χ3n) is 3.05. The fraction of sp³-hybridized carbons (Fsp3) is 0.800. The minimum absolute atomic E-state index is 0.368. The molecule has 0 aromatic carbocycles. The quantitative estimate of drug-likeness (QED) is 0.468. The number of urea groups is 1. The molecule has 0 spiro atoms. The van der Waals surface area contributed by atoms with Crippen molar-refractivity contribution in [2.45, 2.75) is 25.0 Å². The predicted octanol–water partition coefficient (Wildman–Crippen LogP) is -1.77. The molecule has 1 aliphatic heterocycles. The highest BCUT2D eigenvalue weighted by Gasteiger charge is 2.34. The van der Waals surface area contributed by atoms with Gasteiger partial charge in [-0.15, -0.1) is 0 Å². The second-order valence-electron chi connectivity index (χ2n) is 4.60. The van der Waals surface area contributed by atoms with Crippen LogP contribution in [-0.2, 0) is 4.79 Å². The van der Waals surface area contributed by atoms with E-state index in [1.165, 1.54) is 0 Å². The second-order valence-corrected chi connectivity index (χ2v) is 4.60. The molecule has 1 saturated heterocycles. The maximum absolute atomic E-state index is 11.5. The van der Waals surface area contributed by atoms with Gasteiger partial charge in [0.05, 0.1) is 11.6 Å². The van der Waals surface area contributed by atoms with Crippen LogP contribution in [-0.4, -0.2) is 60.3 Å². The molecule has 2 atom stereocenters. The first-order valence-electron chi connectivity index (χ1n) is 5.58. The van der Waals surface area contributed by atoms with Crippen molar-refractivity contribution < 1.29 is 14.7 Å². The van der Waals surface area contributed by atoms with Crippen molar-refractivity contribution in [3.8, 4) is 0 Å². The molecule has 3 amide bonds. The number of nitrogens with two attached hydrogens (primary N) is 1. The molecule has 1 rings (SSSR count). The Morgan fingerprint density at radius 2 is 2.29 bits per heavy atom. The molecule has 98 valence electrons. The van der Waals surface area contributed by atoms with Gasteiger partial charge in [-0.2, -0.15) is 0 Å². The third kappa shape index (κ3) is 3.95. The number of amides is 3.